The summed E-state index contributed by atoms with van der Waals surface area (Å²) in [5.41, 5.74) is 3.77. The first kappa shape index (κ1) is 20.3. The highest BCUT2D eigenvalue weighted by atomic mass is 32.1. The lowest BCUT2D eigenvalue weighted by molar-refractivity contribution is -0.120. The first-order chi connectivity index (χ1) is 14.0. The molecule has 150 valence electrons. The Labute approximate surface area is 172 Å². The molecule has 0 saturated carbocycles. The van der Waals surface area contributed by atoms with Crippen molar-refractivity contribution < 1.29 is 19.1 Å². The van der Waals surface area contributed by atoms with E-state index in [0.717, 1.165) is 15.8 Å². The second kappa shape index (κ2) is 9.20. The normalized spacial score (nSPS) is 10.9. The van der Waals surface area contributed by atoms with Crippen LogP contribution in [-0.2, 0) is 4.79 Å². The van der Waals surface area contributed by atoms with Crippen molar-refractivity contribution in [2.24, 2.45) is 5.10 Å². The Balaban J connectivity index is 1.56. The molecule has 1 heterocycles. The van der Waals surface area contributed by atoms with Gasteiger partial charge in [0.2, 0.25) is 0 Å². The van der Waals surface area contributed by atoms with Gasteiger partial charge in [0.1, 0.15) is 0 Å². The van der Waals surface area contributed by atoms with Crippen molar-refractivity contribution in [3.63, 3.8) is 0 Å². The Morgan fingerprint density at radius 3 is 2.62 bits per heavy atom. The summed E-state index contributed by atoms with van der Waals surface area (Å²) in [6.45, 7) is 1.81. The highest BCUT2D eigenvalue weighted by Gasteiger charge is 2.12. The predicted octanol–water partition coefficient (Wildman–Crippen LogP) is 3.11. The molecule has 0 bridgehead atoms. The fourth-order valence-corrected chi connectivity index (χ4v) is 3.83. The second-order valence-corrected chi connectivity index (χ2v) is 7.37. The smallest absolute Gasteiger partial charge is 0.259 e. The first-order valence-corrected chi connectivity index (χ1v) is 9.65. The molecule has 7 nitrogen and oxygen atoms in total. The zero-order valence-electron chi connectivity index (χ0n) is 16.3. The summed E-state index contributed by atoms with van der Waals surface area (Å²) in [6.07, 6.45) is 1.63. The van der Waals surface area contributed by atoms with Gasteiger partial charge in [0.15, 0.2) is 11.5 Å². The molecule has 2 N–H and O–H groups in total. The molecule has 3 aromatic rings. The third-order valence-corrected chi connectivity index (χ3v) is 5.36. The number of fused-ring (bicyclic) bond motifs is 1. The molecular formula is C21H21N3O4S. The van der Waals surface area contributed by atoms with Gasteiger partial charge < -0.3 is 14.8 Å². The molecular weight excluding hydrogens is 390 g/mol. The summed E-state index contributed by atoms with van der Waals surface area (Å²) in [5.74, 6) is 0.136. The van der Waals surface area contributed by atoms with E-state index in [1.54, 1.807) is 35.8 Å². The summed E-state index contributed by atoms with van der Waals surface area (Å²) in [5, 5.41) is 7.67. The number of carbonyl (C=O) groups excluding carboxylic acids is 2. The van der Waals surface area contributed by atoms with Gasteiger partial charge in [0.05, 0.1) is 27.0 Å². The van der Waals surface area contributed by atoms with Gasteiger partial charge in [-0.1, -0.05) is 18.2 Å². The van der Waals surface area contributed by atoms with Crippen LogP contribution in [-0.4, -0.2) is 38.8 Å². The minimum Gasteiger partial charge on any atom is -0.493 e. The zero-order valence-corrected chi connectivity index (χ0v) is 17.1. The van der Waals surface area contributed by atoms with Crippen molar-refractivity contribution in [2.45, 2.75) is 6.92 Å². The predicted molar refractivity (Wildman–Crippen MR) is 114 cm³/mol. The van der Waals surface area contributed by atoms with E-state index in [1.165, 1.54) is 18.9 Å². The SMILES string of the molecule is COc1ccc(C(=O)NCC(=O)NN=Cc2c(C)sc3ccccc23)cc1OC. The highest BCUT2D eigenvalue weighted by Crippen LogP contribution is 2.29. The van der Waals surface area contributed by atoms with Gasteiger partial charge in [0, 0.05) is 26.1 Å². The van der Waals surface area contributed by atoms with Gasteiger partial charge in [0.25, 0.3) is 11.8 Å². The number of carbonyl (C=O) groups is 2. The Morgan fingerprint density at radius 1 is 1.10 bits per heavy atom. The lowest BCUT2D eigenvalue weighted by atomic mass is 10.1. The number of methoxy groups -OCH3 is 2. The summed E-state index contributed by atoms with van der Waals surface area (Å²) >= 11 is 1.67. The quantitative estimate of drug-likeness (QED) is 0.462. The summed E-state index contributed by atoms with van der Waals surface area (Å²) < 4.78 is 11.5. The minimum absolute atomic E-state index is 0.201. The van der Waals surface area contributed by atoms with Crippen molar-refractivity contribution in [2.75, 3.05) is 20.8 Å². The third-order valence-electron chi connectivity index (χ3n) is 4.26. The molecule has 29 heavy (non-hydrogen) atoms. The molecule has 0 radical (unpaired) electrons. The molecule has 0 spiro atoms. The van der Waals surface area contributed by atoms with Crippen LogP contribution in [0.4, 0.5) is 0 Å². The number of aryl methyl sites for hydroxylation is 1. The van der Waals surface area contributed by atoms with E-state index in [9.17, 15) is 9.59 Å². The number of rotatable bonds is 7. The minimum atomic E-state index is -0.424. The van der Waals surface area contributed by atoms with Crippen molar-refractivity contribution in [3.8, 4) is 11.5 Å². The van der Waals surface area contributed by atoms with E-state index >= 15 is 0 Å². The topological polar surface area (TPSA) is 89.0 Å². The van der Waals surface area contributed by atoms with E-state index in [-0.39, 0.29) is 6.54 Å². The summed E-state index contributed by atoms with van der Waals surface area (Å²) in [6, 6.07) is 12.8. The lowest BCUT2D eigenvalue weighted by Gasteiger charge is -2.09. The largest absolute Gasteiger partial charge is 0.493 e. The number of benzene rings is 2. The third kappa shape index (κ3) is 4.72. The maximum atomic E-state index is 12.2. The van der Waals surface area contributed by atoms with Gasteiger partial charge in [-0.05, 0) is 31.2 Å². The Kier molecular flexibility index (Phi) is 6.46. The van der Waals surface area contributed by atoms with Gasteiger partial charge >= 0.3 is 0 Å². The molecule has 2 amide bonds. The van der Waals surface area contributed by atoms with Crippen molar-refractivity contribution in [1.29, 1.82) is 0 Å². The van der Waals surface area contributed by atoms with Crippen LogP contribution in [0.25, 0.3) is 10.1 Å². The molecule has 0 fully saturated rings. The monoisotopic (exact) mass is 411 g/mol. The van der Waals surface area contributed by atoms with Crippen LogP contribution >= 0.6 is 11.3 Å². The lowest BCUT2D eigenvalue weighted by Crippen LogP contribution is -2.34. The molecule has 0 aliphatic rings. The van der Waals surface area contributed by atoms with Crippen molar-refractivity contribution in [1.82, 2.24) is 10.7 Å². The van der Waals surface area contributed by atoms with Gasteiger partial charge in [-0.25, -0.2) is 5.43 Å². The number of nitrogens with zero attached hydrogens (tertiary/aromatic N) is 1. The number of thiophene rings is 1. The fourth-order valence-electron chi connectivity index (χ4n) is 2.80. The van der Waals surface area contributed by atoms with E-state index in [0.29, 0.717) is 17.1 Å². The standard InChI is InChI=1S/C21H21N3O4S/c1-13-16(15-6-4-5-7-19(15)29-13)11-23-24-20(25)12-22-21(26)14-8-9-17(27-2)18(10-14)28-3/h4-11H,12H2,1-3H3,(H,22,26)(H,24,25). The van der Waals surface area contributed by atoms with Crippen LogP contribution in [0.2, 0.25) is 0 Å². The average Bonchev–Trinajstić information content (AvgIpc) is 3.06. The van der Waals surface area contributed by atoms with Crippen LogP contribution in [0.3, 0.4) is 0 Å². The van der Waals surface area contributed by atoms with Crippen LogP contribution in [0.15, 0.2) is 47.6 Å². The highest BCUT2D eigenvalue weighted by molar-refractivity contribution is 7.19. The van der Waals surface area contributed by atoms with Gasteiger partial charge in [-0.15, -0.1) is 11.3 Å². The number of ether oxygens (including phenoxy) is 2. The van der Waals surface area contributed by atoms with E-state index < -0.39 is 11.8 Å². The molecule has 0 atom stereocenters. The van der Waals surface area contributed by atoms with Crippen LogP contribution in [0, 0.1) is 6.92 Å². The van der Waals surface area contributed by atoms with E-state index in [1.807, 2.05) is 31.2 Å². The van der Waals surface area contributed by atoms with Crippen molar-refractivity contribution in [3.05, 3.63) is 58.5 Å². The number of hydrogen-bond donors (Lipinski definition) is 2. The van der Waals surface area contributed by atoms with Crippen molar-refractivity contribution >= 4 is 39.5 Å². The number of nitrogens with one attached hydrogen (secondary N) is 2. The van der Waals surface area contributed by atoms with Gasteiger partial charge in [-0.3, -0.25) is 9.59 Å². The molecule has 3 rings (SSSR count). The molecule has 1 aromatic heterocycles. The molecule has 0 aliphatic carbocycles. The number of hydrazone groups is 1. The summed E-state index contributed by atoms with van der Waals surface area (Å²) in [7, 11) is 3.01. The van der Waals surface area contributed by atoms with E-state index in [2.05, 4.69) is 15.8 Å². The molecule has 0 aliphatic heterocycles. The zero-order chi connectivity index (χ0) is 20.8. The molecule has 0 saturated heterocycles. The molecule has 8 heteroatoms. The van der Waals surface area contributed by atoms with Crippen LogP contribution in [0.5, 0.6) is 11.5 Å². The van der Waals surface area contributed by atoms with Gasteiger partial charge in [-0.2, -0.15) is 5.10 Å². The Morgan fingerprint density at radius 2 is 1.86 bits per heavy atom. The van der Waals surface area contributed by atoms with Crippen LogP contribution < -0.4 is 20.2 Å². The molecule has 0 unspecified atom stereocenters. The maximum absolute atomic E-state index is 12.2. The molecule has 2 aromatic carbocycles. The average molecular weight is 411 g/mol. The Hall–Kier alpha value is -3.39. The first-order valence-electron chi connectivity index (χ1n) is 8.83. The maximum Gasteiger partial charge on any atom is 0.259 e. The van der Waals surface area contributed by atoms with Crippen LogP contribution in [0.1, 0.15) is 20.8 Å². The fraction of sp³-hybridized carbons (Fsp3) is 0.190. The number of hydrogen-bond acceptors (Lipinski definition) is 6. The number of amides is 2. The summed E-state index contributed by atoms with van der Waals surface area (Å²) in [4.78, 5) is 25.4. The Bertz CT molecular complexity index is 1070. The second-order valence-electron chi connectivity index (χ2n) is 6.11. The van der Waals surface area contributed by atoms with E-state index in [4.69, 9.17) is 9.47 Å².